The normalized spacial score (nSPS) is 30.7. The van der Waals surface area contributed by atoms with E-state index in [1.54, 1.807) is 14.0 Å². The van der Waals surface area contributed by atoms with E-state index in [1.165, 1.54) is 6.42 Å². The van der Waals surface area contributed by atoms with Gasteiger partial charge in [-0.1, -0.05) is 20.8 Å². The summed E-state index contributed by atoms with van der Waals surface area (Å²) in [4.78, 5) is 11.2. The second kappa shape index (κ2) is 5.57. The quantitative estimate of drug-likeness (QED) is 0.793. The van der Waals surface area contributed by atoms with Gasteiger partial charge in [0.2, 0.25) is 0 Å². The van der Waals surface area contributed by atoms with Gasteiger partial charge in [0.25, 0.3) is 0 Å². The van der Waals surface area contributed by atoms with Gasteiger partial charge in [0.15, 0.2) is 0 Å². The average Bonchev–Trinajstić information content (AvgIpc) is 2.22. The number of carboxylic acids is 1. The van der Waals surface area contributed by atoms with Crippen molar-refractivity contribution in [2.75, 3.05) is 13.7 Å². The first-order valence-electron chi connectivity index (χ1n) is 6.72. The maximum Gasteiger partial charge on any atom is 0.326 e. The molecule has 18 heavy (non-hydrogen) atoms. The summed E-state index contributed by atoms with van der Waals surface area (Å²) in [6.45, 7) is 8.63. The Bertz CT molecular complexity index is 303. The van der Waals surface area contributed by atoms with E-state index in [-0.39, 0.29) is 12.7 Å². The smallest absolute Gasteiger partial charge is 0.326 e. The van der Waals surface area contributed by atoms with E-state index in [0.717, 1.165) is 12.8 Å². The summed E-state index contributed by atoms with van der Waals surface area (Å²) < 4.78 is 5.86. The minimum absolute atomic E-state index is 0.177. The Morgan fingerprint density at radius 2 is 2.11 bits per heavy atom. The minimum atomic E-state index is -0.995. The van der Waals surface area contributed by atoms with Crippen LogP contribution in [0.1, 0.15) is 47.0 Å². The lowest BCUT2D eigenvalue weighted by Gasteiger charge is -2.39. The van der Waals surface area contributed by atoms with Crippen LogP contribution in [-0.4, -0.2) is 36.4 Å². The maximum absolute atomic E-state index is 11.2. The molecule has 1 fully saturated rings. The first-order valence-corrected chi connectivity index (χ1v) is 6.72. The van der Waals surface area contributed by atoms with Gasteiger partial charge in [-0.05, 0) is 44.6 Å². The zero-order chi connectivity index (χ0) is 14.0. The molecule has 0 spiro atoms. The van der Waals surface area contributed by atoms with Crippen LogP contribution in [0, 0.1) is 11.3 Å². The van der Waals surface area contributed by atoms with Crippen molar-refractivity contribution >= 4 is 5.97 Å². The molecule has 3 atom stereocenters. The van der Waals surface area contributed by atoms with Crippen LogP contribution in [0.15, 0.2) is 0 Å². The lowest BCUT2D eigenvalue weighted by Crippen LogP contribution is -2.52. The third kappa shape index (κ3) is 3.95. The molecule has 1 aliphatic carbocycles. The molecule has 0 aromatic rings. The van der Waals surface area contributed by atoms with Crippen molar-refractivity contribution in [3.8, 4) is 0 Å². The number of likely N-dealkylation sites (N-methyl/N-ethyl adjacent to an activating group) is 1. The van der Waals surface area contributed by atoms with Gasteiger partial charge >= 0.3 is 5.97 Å². The number of rotatable bonds is 5. The Kier molecular flexibility index (Phi) is 4.78. The molecule has 0 aromatic carbocycles. The van der Waals surface area contributed by atoms with E-state index >= 15 is 0 Å². The predicted octanol–water partition coefficient (Wildman–Crippen LogP) is 2.28. The highest BCUT2D eigenvalue weighted by atomic mass is 16.5. The molecule has 1 rings (SSSR count). The van der Waals surface area contributed by atoms with Gasteiger partial charge < -0.3 is 15.2 Å². The Morgan fingerprint density at radius 3 is 2.56 bits per heavy atom. The van der Waals surface area contributed by atoms with Crippen LogP contribution in [0.3, 0.4) is 0 Å². The standard InChI is InChI=1S/C14H27NO3/c1-10-6-11(8-13(2,3)7-10)18-9-14(4,15-5)12(16)17/h10-11,15H,6-9H2,1-5H3,(H,16,17). The number of ether oxygens (including phenoxy) is 1. The Hall–Kier alpha value is -0.610. The molecule has 1 saturated carbocycles. The van der Waals surface area contributed by atoms with E-state index in [0.29, 0.717) is 11.3 Å². The van der Waals surface area contributed by atoms with Crippen molar-refractivity contribution in [2.24, 2.45) is 11.3 Å². The van der Waals surface area contributed by atoms with E-state index in [9.17, 15) is 9.90 Å². The van der Waals surface area contributed by atoms with Crippen LogP contribution >= 0.6 is 0 Å². The lowest BCUT2D eigenvalue weighted by molar-refractivity contribution is -0.148. The lowest BCUT2D eigenvalue weighted by atomic mass is 9.71. The summed E-state index contributed by atoms with van der Waals surface area (Å²) >= 11 is 0. The molecule has 0 aromatic heterocycles. The van der Waals surface area contributed by atoms with Crippen molar-refractivity contribution in [2.45, 2.75) is 58.6 Å². The van der Waals surface area contributed by atoms with Crippen molar-refractivity contribution in [3.63, 3.8) is 0 Å². The summed E-state index contributed by atoms with van der Waals surface area (Å²) in [5.74, 6) is -0.225. The van der Waals surface area contributed by atoms with Crippen molar-refractivity contribution in [1.29, 1.82) is 0 Å². The van der Waals surface area contributed by atoms with Crippen LogP contribution in [0.2, 0.25) is 0 Å². The topological polar surface area (TPSA) is 58.6 Å². The SMILES string of the molecule is CNC(C)(COC1CC(C)CC(C)(C)C1)C(=O)O. The third-order valence-corrected chi connectivity index (χ3v) is 3.98. The van der Waals surface area contributed by atoms with E-state index in [4.69, 9.17) is 4.74 Å². The number of carboxylic acid groups (broad SMARTS) is 1. The number of nitrogens with one attached hydrogen (secondary N) is 1. The van der Waals surface area contributed by atoms with E-state index in [2.05, 4.69) is 26.1 Å². The average molecular weight is 257 g/mol. The minimum Gasteiger partial charge on any atom is -0.480 e. The summed E-state index contributed by atoms with van der Waals surface area (Å²) in [5, 5.41) is 12.0. The molecule has 0 bridgehead atoms. The van der Waals surface area contributed by atoms with Crippen molar-refractivity contribution in [1.82, 2.24) is 5.32 Å². The second-order valence-electron chi connectivity index (χ2n) is 6.73. The van der Waals surface area contributed by atoms with E-state index in [1.807, 2.05) is 0 Å². The molecule has 106 valence electrons. The highest BCUT2D eigenvalue weighted by Gasteiger charge is 2.36. The molecule has 3 unspecified atom stereocenters. The number of carbonyl (C=O) groups is 1. The van der Waals surface area contributed by atoms with Crippen LogP contribution in [-0.2, 0) is 9.53 Å². The monoisotopic (exact) mass is 257 g/mol. The predicted molar refractivity (Wildman–Crippen MR) is 71.6 cm³/mol. The Balaban J connectivity index is 2.55. The fraction of sp³-hybridized carbons (Fsp3) is 0.929. The Morgan fingerprint density at radius 1 is 1.50 bits per heavy atom. The Labute approximate surface area is 110 Å². The molecule has 4 heteroatoms. The second-order valence-corrected chi connectivity index (χ2v) is 6.73. The summed E-state index contributed by atoms with van der Waals surface area (Å²) in [6.07, 6.45) is 3.44. The van der Waals surface area contributed by atoms with Gasteiger partial charge in [0, 0.05) is 0 Å². The molecule has 0 amide bonds. The van der Waals surface area contributed by atoms with Gasteiger partial charge in [-0.2, -0.15) is 0 Å². The number of aliphatic carboxylic acids is 1. The van der Waals surface area contributed by atoms with Crippen LogP contribution in [0.4, 0.5) is 0 Å². The molecule has 0 saturated heterocycles. The highest BCUT2D eigenvalue weighted by molar-refractivity contribution is 5.78. The highest BCUT2D eigenvalue weighted by Crippen LogP contribution is 2.39. The number of hydrogen-bond acceptors (Lipinski definition) is 3. The number of hydrogen-bond donors (Lipinski definition) is 2. The molecule has 0 radical (unpaired) electrons. The molecule has 2 N–H and O–H groups in total. The fourth-order valence-corrected chi connectivity index (χ4v) is 2.91. The van der Waals surface area contributed by atoms with Gasteiger partial charge in [-0.15, -0.1) is 0 Å². The van der Waals surface area contributed by atoms with Crippen LogP contribution in [0.25, 0.3) is 0 Å². The first-order chi connectivity index (χ1) is 8.18. The van der Waals surface area contributed by atoms with Crippen LogP contribution < -0.4 is 5.32 Å². The fourth-order valence-electron chi connectivity index (χ4n) is 2.91. The summed E-state index contributed by atoms with van der Waals surface area (Å²) in [5.41, 5.74) is -0.702. The van der Waals surface area contributed by atoms with Gasteiger partial charge in [0.05, 0.1) is 12.7 Å². The molecular weight excluding hydrogens is 230 g/mol. The molecule has 4 nitrogen and oxygen atoms in total. The zero-order valence-corrected chi connectivity index (χ0v) is 12.2. The molecule has 0 heterocycles. The molecular formula is C14H27NO3. The van der Waals surface area contributed by atoms with Gasteiger partial charge in [-0.25, -0.2) is 0 Å². The third-order valence-electron chi connectivity index (χ3n) is 3.98. The maximum atomic E-state index is 11.2. The first kappa shape index (κ1) is 15.4. The van der Waals surface area contributed by atoms with E-state index < -0.39 is 11.5 Å². The van der Waals surface area contributed by atoms with Gasteiger partial charge in [-0.3, -0.25) is 4.79 Å². The summed E-state index contributed by atoms with van der Waals surface area (Å²) in [6, 6.07) is 0. The molecule has 0 aliphatic heterocycles. The van der Waals surface area contributed by atoms with Crippen LogP contribution in [0.5, 0.6) is 0 Å². The van der Waals surface area contributed by atoms with Crippen molar-refractivity contribution < 1.29 is 14.6 Å². The zero-order valence-electron chi connectivity index (χ0n) is 12.2. The van der Waals surface area contributed by atoms with Crippen molar-refractivity contribution in [3.05, 3.63) is 0 Å². The van der Waals surface area contributed by atoms with Gasteiger partial charge in [0.1, 0.15) is 5.54 Å². The largest absolute Gasteiger partial charge is 0.480 e. The summed E-state index contributed by atoms with van der Waals surface area (Å²) in [7, 11) is 1.66. The molecule has 1 aliphatic rings.